The zero-order chi connectivity index (χ0) is 13.1. The molecule has 0 atom stereocenters. The maximum atomic E-state index is 12.4. The molecule has 0 aromatic rings. The third-order valence-corrected chi connectivity index (χ3v) is 5.80. The molecule has 1 heterocycles. The molecule has 0 unspecified atom stereocenters. The van der Waals surface area contributed by atoms with E-state index in [-0.39, 0.29) is 5.54 Å². The van der Waals surface area contributed by atoms with Gasteiger partial charge in [0.05, 0.1) is 0 Å². The zero-order valence-corrected chi connectivity index (χ0v) is 12.1. The van der Waals surface area contributed by atoms with Gasteiger partial charge in [0.1, 0.15) is 0 Å². The molecule has 2 fully saturated rings. The Kier molecular flexibility index (Phi) is 4.64. The summed E-state index contributed by atoms with van der Waals surface area (Å²) in [5.74, 6) is 0. The molecule has 0 bridgehead atoms. The number of hydrogen-bond donors (Lipinski definition) is 2. The molecule has 1 saturated carbocycles. The molecule has 106 valence electrons. The van der Waals surface area contributed by atoms with Crippen molar-refractivity contribution in [2.45, 2.75) is 51.0 Å². The van der Waals surface area contributed by atoms with E-state index in [0.29, 0.717) is 13.1 Å². The molecule has 5 nitrogen and oxygen atoms in total. The van der Waals surface area contributed by atoms with Crippen molar-refractivity contribution in [3.63, 3.8) is 0 Å². The minimum absolute atomic E-state index is 0.171. The lowest BCUT2D eigenvalue weighted by Crippen LogP contribution is -2.65. The highest BCUT2D eigenvalue weighted by molar-refractivity contribution is 7.87. The number of piperazine rings is 1. The molecule has 18 heavy (non-hydrogen) atoms. The van der Waals surface area contributed by atoms with Crippen LogP contribution in [0, 0.1) is 0 Å². The van der Waals surface area contributed by atoms with Crippen molar-refractivity contribution in [3.8, 4) is 0 Å². The predicted molar refractivity (Wildman–Crippen MR) is 72.6 cm³/mol. The Labute approximate surface area is 110 Å². The Morgan fingerprint density at radius 3 is 2.67 bits per heavy atom. The highest BCUT2D eigenvalue weighted by Gasteiger charge is 2.45. The fraction of sp³-hybridized carbons (Fsp3) is 1.00. The largest absolute Gasteiger partial charge is 0.314 e. The first-order valence-corrected chi connectivity index (χ1v) is 8.53. The lowest BCUT2D eigenvalue weighted by Gasteiger charge is -2.48. The van der Waals surface area contributed by atoms with E-state index in [0.717, 1.165) is 45.2 Å². The number of hydrogen-bond acceptors (Lipinski definition) is 3. The van der Waals surface area contributed by atoms with Gasteiger partial charge in [-0.15, -0.1) is 0 Å². The SMILES string of the molecule is CCCNS(=O)(=O)N1CCNCC12CCCCC2. The first-order chi connectivity index (χ1) is 8.61. The van der Waals surface area contributed by atoms with E-state index < -0.39 is 10.2 Å². The monoisotopic (exact) mass is 275 g/mol. The van der Waals surface area contributed by atoms with Crippen LogP contribution in [0.25, 0.3) is 0 Å². The second-order valence-corrected chi connectivity index (χ2v) is 7.11. The van der Waals surface area contributed by atoms with Crippen LogP contribution in [0.1, 0.15) is 45.4 Å². The van der Waals surface area contributed by atoms with Gasteiger partial charge in [0, 0.05) is 31.7 Å². The lowest BCUT2D eigenvalue weighted by atomic mass is 9.80. The van der Waals surface area contributed by atoms with Gasteiger partial charge in [-0.25, -0.2) is 4.72 Å². The molecular formula is C12H25N3O2S. The van der Waals surface area contributed by atoms with Crippen molar-refractivity contribution >= 4 is 10.2 Å². The van der Waals surface area contributed by atoms with Crippen LogP contribution in [-0.4, -0.2) is 44.4 Å². The standard InChI is InChI=1S/C12H25N3O2S/c1-2-8-14-18(16,17)15-10-9-13-11-12(15)6-4-3-5-7-12/h13-14H,2-11H2,1H3. The molecule has 1 aliphatic carbocycles. The van der Waals surface area contributed by atoms with Gasteiger partial charge >= 0.3 is 0 Å². The molecule has 2 rings (SSSR count). The van der Waals surface area contributed by atoms with E-state index in [1.54, 1.807) is 4.31 Å². The van der Waals surface area contributed by atoms with Crippen LogP contribution in [0.15, 0.2) is 0 Å². The van der Waals surface area contributed by atoms with Gasteiger partial charge in [0.25, 0.3) is 10.2 Å². The van der Waals surface area contributed by atoms with E-state index >= 15 is 0 Å². The van der Waals surface area contributed by atoms with Crippen LogP contribution >= 0.6 is 0 Å². The van der Waals surface area contributed by atoms with Gasteiger partial charge in [-0.3, -0.25) is 0 Å². The maximum Gasteiger partial charge on any atom is 0.280 e. The average molecular weight is 275 g/mol. The van der Waals surface area contributed by atoms with Crippen molar-refractivity contribution < 1.29 is 8.42 Å². The second-order valence-electron chi connectivity index (χ2n) is 5.43. The number of nitrogens with zero attached hydrogens (tertiary/aromatic N) is 1. The van der Waals surface area contributed by atoms with Gasteiger partial charge < -0.3 is 5.32 Å². The van der Waals surface area contributed by atoms with E-state index in [9.17, 15) is 8.42 Å². The first-order valence-electron chi connectivity index (χ1n) is 7.09. The normalized spacial score (nSPS) is 25.4. The fourth-order valence-electron chi connectivity index (χ4n) is 3.15. The molecule has 0 aromatic carbocycles. The predicted octanol–water partition coefficient (Wildman–Crippen LogP) is 0.839. The highest BCUT2D eigenvalue weighted by atomic mass is 32.2. The van der Waals surface area contributed by atoms with Crippen molar-refractivity contribution in [1.29, 1.82) is 0 Å². The van der Waals surface area contributed by atoms with Crippen LogP contribution in [0.3, 0.4) is 0 Å². The number of nitrogens with one attached hydrogen (secondary N) is 2. The molecule has 1 saturated heterocycles. The summed E-state index contributed by atoms with van der Waals surface area (Å²) in [4.78, 5) is 0. The summed E-state index contributed by atoms with van der Waals surface area (Å²) in [5, 5.41) is 3.37. The molecule has 0 radical (unpaired) electrons. The minimum Gasteiger partial charge on any atom is -0.314 e. The zero-order valence-electron chi connectivity index (χ0n) is 11.2. The van der Waals surface area contributed by atoms with Crippen LogP contribution in [-0.2, 0) is 10.2 Å². The summed E-state index contributed by atoms with van der Waals surface area (Å²) in [5.41, 5.74) is -0.171. The molecule has 6 heteroatoms. The molecule has 2 N–H and O–H groups in total. The van der Waals surface area contributed by atoms with Gasteiger partial charge in [0.15, 0.2) is 0 Å². The highest BCUT2D eigenvalue weighted by Crippen LogP contribution is 2.35. The van der Waals surface area contributed by atoms with E-state index in [1.807, 2.05) is 6.92 Å². The smallest absolute Gasteiger partial charge is 0.280 e. The number of rotatable bonds is 4. The summed E-state index contributed by atoms with van der Waals surface area (Å²) in [7, 11) is -3.31. The Morgan fingerprint density at radius 1 is 1.28 bits per heavy atom. The second kappa shape index (κ2) is 5.86. The third kappa shape index (κ3) is 2.87. The van der Waals surface area contributed by atoms with Gasteiger partial charge in [-0.05, 0) is 19.3 Å². The lowest BCUT2D eigenvalue weighted by molar-refractivity contribution is 0.0997. The van der Waals surface area contributed by atoms with Crippen LogP contribution in [0.5, 0.6) is 0 Å². The van der Waals surface area contributed by atoms with Crippen molar-refractivity contribution in [2.24, 2.45) is 0 Å². The fourth-order valence-corrected chi connectivity index (χ4v) is 4.85. The molecular weight excluding hydrogens is 250 g/mol. The Hall–Kier alpha value is -0.170. The summed E-state index contributed by atoms with van der Waals surface area (Å²) >= 11 is 0. The molecule has 1 aliphatic heterocycles. The van der Waals surface area contributed by atoms with Crippen LogP contribution < -0.4 is 10.0 Å². The summed E-state index contributed by atoms with van der Waals surface area (Å²) < 4.78 is 29.3. The molecule has 0 amide bonds. The van der Waals surface area contributed by atoms with Crippen molar-refractivity contribution in [2.75, 3.05) is 26.2 Å². The van der Waals surface area contributed by atoms with Gasteiger partial charge in [0.2, 0.25) is 0 Å². The third-order valence-electron chi connectivity index (χ3n) is 4.08. The molecule has 2 aliphatic rings. The topological polar surface area (TPSA) is 61.4 Å². The summed E-state index contributed by atoms with van der Waals surface area (Å²) in [6.07, 6.45) is 6.33. The van der Waals surface area contributed by atoms with Crippen LogP contribution in [0.4, 0.5) is 0 Å². The van der Waals surface area contributed by atoms with E-state index in [4.69, 9.17) is 0 Å². The van der Waals surface area contributed by atoms with Gasteiger partial charge in [-0.1, -0.05) is 26.2 Å². The quantitative estimate of drug-likeness (QED) is 0.799. The van der Waals surface area contributed by atoms with Gasteiger partial charge in [-0.2, -0.15) is 12.7 Å². The first kappa shape index (κ1) is 14.2. The molecule has 0 aromatic heterocycles. The van der Waals surface area contributed by atoms with Crippen LogP contribution in [0.2, 0.25) is 0 Å². The van der Waals surface area contributed by atoms with Crippen molar-refractivity contribution in [1.82, 2.24) is 14.3 Å². The molecule has 1 spiro atoms. The maximum absolute atomic E-state index is 12.4. The summed E-state index contributed by atoms with van der Waals surface area (Å²) in [6, 6.07) is 0. The van der Waals surface area contributed by atoms with E-state index in [2.05, 4.69) is 10.0 Å². The average Bonchev–Trinajstić information content (AvgIpc) is 2.38. The Morgan fingerprint density at radius 2 is 2.00 bits per heavy atom. The summed E-state index contributed by atoms with van der Waals surface area (Å²) in [6.45, 7) is 4.67. The Bertz CT molecular complexity index is 355. The van der Waals surface area contributed by atoms with E-state index in [1.165, 1.54) is 6.42 Å². The van der Waals surface area contributed by atoms with Crippen molar-refractivity contribution in [3.05, 3.63) is 0 Å². The minimum atomic E-state index is -3.31. The Balaban J connectivity index is 2.16.